The minimum Gasteiger partial charge on any atom is -0.361 e. The Morgan fingerprint density at radius 1 is 1.13 bits per heavy atom. The van der Waals surface area contributed by atoms with E-state index >= 15 is 0 Å². The van der Waals surface area contributed by atoms with Crippen molar-refractivity contribution < 1.29 is 4.79 Å². The lowest BCUT2D eigenvalue weighted by Crippen LogP contribution is -2.40. The van der Waals surface area contributed by atoms with Crippen LogP contribution in [-0.2, 0) is 11.2 Å². The molecule has 0 bridgehead atoms. The molecule has 3 heterocycles. The van der Waals surface area contributed by atoms with Crippen molar-refractivity contribution in [2.24, 2.45) is 0 Å². The summed E-state index contributed by atoms with van der Waals surface area (Å²) in [7, 11) is 0. The molecule has 2 aromatic heterocycles. The second-order valence-corrected chi connectivity index (χ2v) is 8.45. The van der Waals surface area contributed by atoms with E-state index in [1.807, 2.05) is 53.6 Å². The SMILES string of the molecule is O=C(Cc1c[nH]c2ccccc12)N1CCC[C@@H](c2nccnc2-c2cccc(Cl)c2)C1. The highest BCUT2D eigenvalue weighted by Crippen LogP contribution is 2.33. The van der Waals surface area contributed by atoms with E-state index < -0.39 is 0 Å². The van der Waals surface area contributed by atoms with E-state index in [-0.39, 0.29) is 11.8 Å². The van der Waals surface area contributed by atoms with Gasteiger partial charge in [-0.3, -0.25) is 14.8 Å². The molecule has 0 saturated carbocycles. The van der Waals surface area contributed by atoms with E-state index in [2.05, 4.69) is 21.0 Å². The molecule has 1 aliphatic heterocycles. The largest absolute Gasteiger partial charge is 0.361 e. The van der Waals surface area contributed by atoms with Crippen LogP contribution in [0.25, 0.3) is 22.2 Å². The lowest BCUT2D eigenvalue weighted by Gasteiger charge is -2.33. The second-order valence-electron chi connectivity index (χ2n) is 8.02. The number of halogens is 1. The lowest BCUT2D eigenvalue weighted by molar-refractivity contribution is -0.131. The number of aromatic nitrogens is 3. The number of nitrogens with one attached hydrogen (secondary N) is 1. The molecule has 31 heavy (non-hydrogen) atoms. The molecule has 6 heteroatoms. The van der Waals surface area contributed by atoms with Gasteiger partial charge in [0.1, 0.15) is 0 Å². The number of H-pyrrole nitrogens is 1. The van der Waals surface area contributed by atoms with Crippen LogP contribution in [0.4, 0.5) is 0 Å². The second kappa shape index (κ2) is 8.52. The number of likely N-dealkylation sites (tertiary alicyclic amines) is 1. The average molecular weight is 431 g/mol. The Kier molecular flexibility index (Phi) is 5.43. The summed E-state index contributed by atoms with van der Waals surface area (Å²) in [6.45, 7) is 1.44. The van der Waals surface area contributed by atoms with Crippen LogP contribution in [0.3, 0.4) is 0 Å². The van der Waals surface area contributed by atoms with E-state index in [4.69, 9.17) is 11.6 Å². The number of piperidine rings is 1. The Balaban J connectivity index is 1.37. The van der Waals surface area contributed by atoms with Crippen molar-refractivity contribution in [3.8, 4) is 11.3 Å². The fraction of sp³-hybridized carbons (Fsp3) is 0.240. The van der Waals surface area contributed by atoms with Crippen molar-refractivity contribution in [2.75, 3.05) is 13.1 Å². The first kappa shape index (κ1) is 19.8. The van der Waals surface area contributed by atoms with Crippen molar-refractivity contribution in [1.29, 1.82) is 0 Å². The fourth-order valence-corrected chi connectivity index (χ4v) is 4.68. The topological polar surface area (TPSA) is 61.9 Å². The van der Waals surface area contributed by atoms with Crippen molar-refractivity contribution in [3.05, 3.63) is 83.4 Å². The number of rotatable bonds is 4. The minimum absolute atomic E-state index is 0.155. The van der Waals surface area contributed by atoms with Crippen LogP contribution in [0.5, 0.6) is 0 Å². The normalized spacial score (nSPS) is 16.5. The van der Waals surface area contributed by atoms with Gasteiger partial charge in [-0.25, -0.2) is 0 Å². The highest BCUT2D eigenvalue weighted by molar-refractivity contribution is 6.30. The Morgan fingerprint density at radius 3 is 2.90 bits per heavy atom. The number of carbonyl (C=O) groups is 1. The molecule has 1 aliphatic rings. The molecule has 156 valence electrons. The maximum atomic E-state index is 13.1. The molecule has 1 N–H and O–H groups in total. The number of hydrogen-bond acceptors (Lipinski definition) is 3. The monoisotopic (exact) mass is 430 g/mol. The lowest BCUT2D eigenvalue weighted by atomic mass is 9.91. The summed E-state index contributed by atoms with van der Waals surface area (Å²) >= 11 is 6.20. The number of amides is 1. The quantitative estimate of drug-likeness (QED) is 0.482. The average Bonchev–Trinajstić information content (AvgIpc) is 3.22. The van der Waals surface area contributed by atoms with Crippen molar-refractivity contribution in [3.63, 3.8) is 0 Å². The number of carbonyl (C=O) groups excluding carboxylic acids is 1. The predicted octanol–water partition coefficient (Wildman–Crippen LogP) is 5.23. The Morgan fingerprint density at radius 2 is 2.00 bits per heavy atom. The molecular formula is C25H23ClN4O. The molecule has 1 atom stereocenters. The van der Waals surface area contributed by atoms with Gasteiger partial charge in [0.05, 0.1) is 17.8 Å². The van der Waals surface area contributed by atoms with Gasteiger partial charge in [-0.15, -0.1) is 0 Å². The van der Waals surface area contributed by atoms with E-state index in [1.54, 1.807) is 12.4 Å². The number of nitrogens with zero attached hydrogens (tertiary/aromatic N) is 3. The van der Waals surface area contributed by atoms with Crippen LogP contribution in [0, 0.1) is 0 Å². The number of fused-ring (bicyclic) bond motifs is 1. The third-order valence-electron chi connectivity index (χ3n) is 6.00. The molecule has 0 spiro atoms. The van der Waals surface area contributed by atoms with Crippen LogP contribution in [0.15, 0.2) is 67.1 Å². The number of para-hydroxylation sites is 1. The Hall–Kier alpha value is -3.18. The molecule has 1 saturated heterocycles. The maximum absolute atomic E-state index is 13.1. The van der Waals surface area contributed by atoms with Crippen LogP contribution >= 0.6 is 11.6 Å². The van der Waals surface area contributed by atoms with Gasteiger partial charge in [0.25, 0.3) is 0 Å². The number of benzene rings is 2. The minimum atomic E-state index is 0.155. The van der Waals surface area contributed by atoms with Crippen LogP contribution in [0.1, 0.15) is 30.0 Å². The first-order valence-electron chi connectivity index (χ1n) is 10.6. The molecule has 1 fully saturated rings. The van der Waals surface area contributed by atoms with Gasteiger partial charge in [-0.2, -0.15) is 0 Å². The fourth-order valence-electron chi connectivity index (χ4n) is 4.49. The molecule has 0 aliphatic carbocycles. The molecule has 5 nitrogen and oxygen atoms in total. The summed E-state index contributed by atoms with van der Waals surface area (Å²) in [6.07, 6.45) is 7.74. The van der Waals surface area contributed by atoms with Gasteiger partial charge in [0, 0.05) is 59.1 Å². The highest BCUT2D eigenvalue weighted by Gasteiger charge is 2.28. The number of aromatic amines is 1. The summed E-state index contributed by atoms with van der Waals surface area (Å²) in [5, 5.41) is 1.79. The van der Waals surface area contributed by atoms with E-state index in [1.165, 1.54) is 0 Å². The summed E-state index contributed by atoms with van der Waals surface area (Å²) in [6, 6.07) is 15.8. The van der Waals surface area contributed by atoms with Crippen LogP contribution < -0.4 is 0 Å². The molecule has 0 unspecified atom stereocenters. The van der Waals surface area contributed by atoms with E-state index in [9.17, 15) is 4.79 Å². The number of hydrogen-bond donors (Lipinski definition) is 1. The highest BCUT2D eigenvalue weighted by atomic mass is 35.5. The first-order valence-corrected chi connectivity index (χ1v) is 11.0. The summed E-state index contributed by atoms with van der Waals surface area (Å²) in [5.41, 5.74) is 4.85. The Labute approximate surface area is 186 Å². The third kappa shape index (κ3) is 4.06. The van der Waals surface area contributed by atoms with Gasteiger partial charge in [0.2, 0.25) is 5.91 Å². The van der Waals surface area contributed by atoms with Gasteiger partial charge >= 0.3 is 0 Å². The Bertz CT molecular complexity index is 1230. The molecule has 1 amide bonds. The summed E-state index contributed by atoms with van der Waals surface area (Å²) < 4.78 is 0. The van der Waals surface area contributed by atoms with E-state index in [0.29, 0.717) is 18.0 Å². The van der Waals surface area contributed by atoms with Gasteiger partial charge in [0.15, 0.2) is 0 Å². The van der Waals surface area contributed by atoms with Gasteiger partial charge in [-0.05, 0) is 36.6 Å². The molecule has 2 aromatic carbocycles. The van der Waals surface area contributed by atoms with E-state index in [0.717, 1.165) is 52.8 Å². The van der Waals surface area contributed by atoms with Crippen molar-refractivity contribution >= 4 is 28.4 Å². The summed E-state index contributed by atoms with van der Waals surface area (Å²) in [5.74, 6) is 0.311. The standard InChI is InChI=1S/C25H23ClN4O/c26-20-7-3-5-17(13-20)24-25(28-11-10-27-24)18-6-4-12-30(16-18)23(31)14-19-15-29-22-9-2-1-8-21(19)22/h1-3,5,7-11,13,15,18,29H,4,6,12,14,16H2/t18-/m1/s1. The van der Waals surface area contributed by atoms with Crippen molar-refractivity contribution in [1.82, 2.24) is 19.9 Å². The van der Waals surface area contributed by atoms with Crippen LogP contribution in [-0.4, -0.2) is 38.8 Å². The zero-order valence-electron chi connectivity index (χ0n) is 17.1. The van der Waals surface area contributed by atoms with Gasteiger partial charge in [-0.1, -0.05) is 41.9 Å². The van der Waals surface area contributed by atoms with Crippen molar-refractivity contribution in [2.45, 2.75) is 25.2 Å². The zero-order valence-corrected chi connectivity index (χ0v) is 17.8. The predicted molar refractivity (Wildman–Crippen MR) is 123 cm³/mol. The molecule has 4 aromatic rings. The smallest absolute Gasteiger partial charge is 0.227 e. The third-order valence-corrected chi connectivity index (χ3v) is 6.24. The van der Waals surface area contributed by atoms with Gasteiger partial charge < -0.3 is 9.88 Å². The molecular weight excluding hydrogens is 408 g/mol. The zero-order chi connectivity index (χ0) is 21.2. The first-order chi connectivity index (χ1) is 15.2. The summed E-state index contributed by atoms with van der Waals surface area (Å²) in [4.78, 5) is 27.7. The maximum Gasteiger partial charge on any atom is 0.227 e. The molecule has 0 radical (unpaired) electrons. The molecule has 5 rings (SSSR count). The van der Waals surface area contributed by atoms with Crippen LogP contribution in [0.2, 0.25) is 5.02 Å².